The van der Waals surface area contributed by atoms with Crippen LogP contribution in [0.1, 0.15) is 24.5 Å². The van der Waals surface area contributed by atoms with Crippen LogP contribution >= 0.6 is 0 Å². The van der Waals surface area contributed by atoms with Crippen LogP contribution in [0.15, 0.2) is 42.5 Å². The number of rotatable bonds is 8. The molecule has 2 rings (SSSR count). The first kappa shape index (κ1) is 23.3. The van der Waals surface area contributed by atoms with Crippen molar-refractivity contribution < 1.29 is 36.6 Å². The van der Waals surface area contributed by atoms with E-state index in [-0.39, 0.29) is 18.5 Å². The third kappa shape index (κ3) is 6.24. The molecule has 1 atom stereocenters. The highest BCUT2D eigenvalue weighted by atomic mass is 19.4. The molecule has 0 saturated carbocycles. The van der Waals surface area contributed by atoms with Crippen LogP contribution in [0.25, 0.3) is 0 Å². The van der Waals surface area contributed by atoms with Crippen LogP contribution in [0.5, 0.6) is 0 Å². The van der Waals surface area contributed by atoms with Crippen LogP contribution in [0.2, 0.25) is 0 Å². The molecule has 0 saturated heterocycles. The Bertz CT molecular complexity index is 898. The number of anilines is 1. The third-order valence-electron chi connectivity index (χ3n) is 4.35. The molecule has 2 aromatic rings. The average molecular weight is 430 g/mol. The largest absolute Gasteiger partial charge is 0.416 e. The number of nitrogens with one attached hydrogen (secondary N) is 1. The van der Waals surface area contributed by atoms with Gasteiger partial charge in [-0.3, -0.25) is 9.59 Å². The van der Waals surface area contributed by atoms with E-state index in [0.29, 0.717) is 24.2 Å². The fourth-order valence-corrected chi connectivity index (χ4v) is 2.62. The van der Waals surface area contributed by atoms with E-state index >= 15 is 0 Å². The van der Waals surface area contributed by atoms with E-state index in [1.54, 1.807) is 0 Å². The van der Waals surface area contributed by atoms with Crippen molar-refractivity contribution in [1.29, 1.82) is 0 Å². The van der Waals surface area contributed by atoms with Gasteiger partial charge >= 0.3 is 6.18 Å². The van der Waals surface area contributed by atoms with Crippen LogP contribution in [-0.4, -0.2) is 29.6 Å². The number of amides is 2. The summed E-state index contributed by atoms with van der Waals surface area (Å²) in [5, 5.41) is 12.6. The van der Waals surface area contributed by atoms with Gasteiger partial charge in [0.15, 0.2) is 0 Å². The van der Waals surface area contributed by atoms with Crippen molar-refractivity contribution in [3.05, 3.63) is 65.2 Å². The van der Waals surface area contributed by atoms with Gasteiger partial charge in [0.1, 0.15) is 17.2 Å². The average Bonchev–Trinajstić information content (AvgIpc) is 2.66. The van der Waals surface area contributed by atoms with Crippen LogP contribution in [0, 0.1) is 11.6 Å². The maximum absolute atomic E-state index is 13.4. The number of hydrogen-bond acceptors (Lipinski definition) is 3. The minimum Gasteiger partial charge on any atom is -0.380 e. The van der Waals surface area contributed by atoms with Crippen molar-refractivity contribution in [2.75, 3.05) is 11.4 Å². The summed E-state index contributed by atoms with van der Waals surface area (Å²) in [5.74, 6) is -2.52. The van der Waals surface area contributed by atoms with Gasteiger partial charge in [-0.1, -0.05) is 0 Å². The van der Waals surface area contributed by atoms with Crippen molar-refractivity contribution in [2.45, 2.75) is 31.7 Å². The van der Waals surface area contributed by atoms with Crippen LogP contribution in [0.3, 0.4) is 0 Å². The second-order valence-corrected chi connectivity index (χ2v) is 6.83. The molecule has 0 heterocycles. The lowest BCUT2D eigenvalue weighted by molar-refractivity contribution is -0.138. The first-order chi connectivity index (χ1) is 13.9. The second-order valence-electron chi connectivity index (χ2n) is 6.83. The summed E-state index contributed by atoms with van der Waals surface area (Å²) in [6.45, 7) is 0.640. The Hall–Kier alpha value is -3.01. The topological polar surface area (TPSA) is 69.6 Å². The zero-order valence-electron chi connectivity index (χ0n) is 15.8. The lowest BCUT2D eigenvalue weighted by Gasteiger charge is -2.26. The number of benzene rings is 2. The van der Waals surface area contributed by atoms with E-state index < -0.39 is 41.4 Å². The van der Waals surface area contributed by atoms with Crippen molar-refractivity contribution in [3.8, 4) is 0 Å². The molecular weight excluding hydrogens is 411 g/mol. The van der Waals surface area contributed by atoms with Crippen molar-refractivity contribution in [2.24, 2.45) is 0 Å². The van der Waals surface area contributed by atoms with Gasteiger partial charge < -0.3 is 15.3 Å². The summed E-state index contributed by atoms with van der Waals surface area (Å²) in [5.41, 5.74) is -2.95. The predicted octanol–water partition coefficient (Wildman–Crippen LogP) is 3.40. The molecule has 10 heteroatoms. The SMILES string of the molecule is C[C@](O)(CCN(C=O)c1ccc(F)cc1)C(=O)NCc1cc(F)cc(C(F)(F)F)c1. The molecule has 0 fully saturated rings. The Morgan fingerprint density at radius 1 is 1.10 bits per heavy atom. The molecule has 2 aromatic carbocycles. The Morgan fingerprint density at radius 3 is 2.30 bits per heavy atom. The lowest BCUT2D eigenvalue weighted by atomic mass is 10.0. The first-order valence-corrected chi connectivity index (χ1v) is 8.77. The molecular formula is C20H19F5N2O3. The zero-order chi connectivity index (χ0) is 22.5. The molecule has 2 amide bonds. The van der Waals surface area contributed by atoms with E-state index in [4.69, 9.17) is 0 Å². The standard InChI is InChI=1S/C20H19F5N2O3/c1-19(30,6-7-27(12-28)17-4-2-15(21)3-5-17)18(29)26-11-13-8-14(20(23,24)25)10-16(22)9-13/h2-5,8-10,12,30H,6-7,11H2,1H3,(H,26,29)/t19-/m0/s1. The predicted molar refractivity (Wildman–Crippen MR) is 98.3 cm³/mol. The number of nitrogens with zero attached hydrogens (tertiary/aromatic N) is 1. The van der Waals surface area contributed by atoms with Gasteiger partial charge in [-0.2, -0.15) is 13.2 Å². The molecule has 0 unspecified atom stereocenters. The number of carbonyl (C=O) groups excluding carboxylic acids is 2. The van der Waals surface area contributed by atoms with E-state index in [9.17, 15) is 36.6 Å². The summed E-state index contributed by atoms with van der Waals surface area (Å²) in [6.07, 6.45) is -4.51. The molecule has 30 heavy (non-hydrogen) atoms. The molecule has 0 aromatic heterocycles. The maximum Gasteiger partial charge on any atom is 0.416 e. The van der Waals surface area contributed by atoms with Gasteiger partial charge in [0.25, 0.3) is 5.91 Å². The number of halogens is 5. The highest BCUT2D eigenvalue weighted by Crippen LogP contribution is 2.30. The summed E-state index contributed by atoms with van der Waals surface area (Å²) in [7, 11) is 0. The molecule has 0 radical (unpaired) electrons. The van der Waals surface area contributed by atoms with Crippen molar-refractivity contribution >= 4 is 18.0 Å². The fraction of sp³-hybridized carbons (Fsp3) is 0.300. The van der Waals surface area contributed by atoms with Crippen molar-refractivity contribution in [3.63, 3.8) is 0 Å². The van der Waals surface area contributed by atoms with E-state index in [1.165, 1.54) is 19.1 Å². The summed E-state index contributed by atoms with van der Waals surface area (Å²) >= 11 is 0. The molecule has 0 aliphatic rings. The van der Waals surface area contributed by atoms with Gasteiger partial charge in [-0.25, -0.2) is 8.78 Å². The van der Waals surface area contributed by atoms with Gasteiger partial charge in [0, 0.05) is 25.2 Å². The van der Waals surface area contributed by atoms with Crippen LogP contribution in [0.4, 0.5) is 27.6 Å². The number of aliphatic hydroxyl groups is 1. The molecule has 2 N–H and O–H groups in total. The lowest BCUT2D eigenvalue weighted by Crippen LogP contribution is -2.46. The number of carbonyl (C=O) groups is 2. The minimum absolute atomic E-state index is 0.0895. The van der Waals surface area contributed by atoms with E-state index in [2.05, 4.69) is 5.32 Å². The second kappa shape index (κ2) is 9.21. The normalized spacial score (nSPS) is 13.4. The summed E-state index contributed by atoms with van der Waals surface area (Å²) < 4.78 is 64.7. The molecule has 0 aliphatic carbocycles. The highest BCUT2D eigenvalue weighted by Gasteiger charge is 2.32. The summed E-state index contributed by atoms with van der Waals surface area (Å²) in [6, 6.07) is 6.86. The molecule has 5 nitrogen and oxygen atoms in total. The molecule has 0 aliphatic heterocycles. The van der Waals surface area contributed by atoms with E-state index in [1.807, 2.05) is 0 Å². The van der Waals surface area contributed by atoms with Gasteiger partial charge in [-0.05, 0) is 55.0 Å². The first-order valence-electron chi connectivity index (χ1n) is 8.77. The molecule has 0 spiro atoms. The van der Waals surface area contributed by atoms with E-state index in [0.717, 1.165) is 23.1 Å². The monoisotopic (exact) mass is 430 g/mol. The smallest absolute Gasteiger partial charge is 0.380 e. The highest BCUT2D eigenvalue weighted by molar-refractivity contribution is 5.84. The maximum atomic E-state index is 13.4. The molecule has 162 valence electrons. The Kier molecular flexibility index (Phi) is 7.14. The van der Waals surface area contributed by atoms with Gasteiger partial charge in [0.2, 0.25) is 6.41 Å². The number of alkyl halides is 3. The molecule has 0 bridgehead atoms. The van der Waals surface area contributed by atoms with Crippen molar-refractivity contribution in [1.82, 2.24) is 5.32 Å². The minimum atomic E-state index is -4.75. The Labute approximate surface area is 169 Å². The van der Waals surface area contributed by atoms with Gasteiger partial charge in [-0.15, -0.1) is 0 Å². The fourth-order valence-electron chi connectivity index (χ4n) is 2.62. The Morgan fingerprint density at radius 2 is 1.73 bits per heavy atom. The zero-order valence-corrected chi connectivity index (χ0v) is 15.8. The van der Waals surface area contributed by atoms with Crippen LogP contribution < -0.4 is 10.2 Å². The summed E-state index contributed by atoms with van der Waals surface area (Å²) in [4.78, 5) is 24.7. The quantitative estimate of drug-likeness (QED) is 0.498. The third-order valence-corrected chi connectivity index (χ3v) is 4.35. The number of hydrogen-bond donors (Lipinski definition) is 2. The Balaban J connectivity index is 1.99. The van der Waals surface area contributed by atoms with Gasteiger partial charge in [0.05, 0.1) is 5.56 Å². The van der Waals surface area contributed by atoms with Crippen LogP contribution in [-0.2, 0) is 22.3 Å².